The van der Waals surface area contributed by atoms with Crippen molar-refractivity contribution in [2.24, 2.45) is 0 Å². The summed E-state index contributed by atoms with van der Waals surface area (Å²) in [5.41, 5.74) is 1.09. The Balaban J connectivity index is 1.92. The van der Waals surface area contributed by atoms with E-state index in [0.717, 1.165) is 17.9 Å². The van der Waals surface area contributed by atoms with Crippen LogP contribution in [0.4, 0.5) is 0 Å². The van der Waals surface area contributed by atoms with E-state index in [4.69, 9.17) is 16.3 Å². The van der Waals surface area contributed by atoms with Gasteiger partial charge in [0, 0.05) is 17.4 Å². The maximum atomic E-state index is 5.90. The normalized spacial score (nSPS) is 10.4. The van der Waals surface area contributed by atoms with Gasteiger partial charge < -0.3 is 9.30 Å². The molecule has 0 radical (unpaired) electrons. The predicted octanol–water partition coefficient (Wildman–Crippen LogP) is 2.92. The van der Waals surface area contributed by atoms with Crippen LogP contribution in [0.25, 0.3) is 0 Å². The highest BCUT2D eigenvalue weighted by Gasteiger charge is 2.00. The van der Waals surface area contributed by atoms with Crippen LogP contribution < -0.4 is 4.74 Å². The molecule has 1 heterocycles. The molecule has 1 aromatic heterocycles. The molecule has 84 valence electrons. The van der Waals surface area contributed by atoms with Gasteiger partial charge in [0.1, 0.15) is 12.4 Å². The van der Waals surface area contributed by atoms with Crippen molar-refractivity contribution in [3.8, 4) is 5.75 Å². The van der Waals surface area contributed by atoms with Crippen LogP contribution in [0.1, 0.15) is 5.56 Å². The van der Waals surface area contributed by atoms with Gasteiger partial charge in [0.25, 0.3) is 0 Å². The third-order valence-electron chi connectivity index (χ3n) is 2.32. The van der Waals surface area contributed by atoms with Crippen molar-refractivity contribution in [3.05, 3.63) is 47.5 Å². The monoisotopic (exact) mass is 236 g/mol. The Bertz CT molecular complexity index is 454. The van der Waals surface area contributed by atoms with Crippen molar-refractivity contribution in [3.63, 3.8) is 0 Å². The Hall–Kier alpha value is -1.48. The molecule has 0 saturated carbocycles. The summed E-state index contributed by atoms with van der Waals surface area (Å²) in [5, 5.41) is 0.697. The second kappa shape index (κ2) is 5.03. The summed E-state index contributed by atoms with van der Waals surface area (Å²) in [6.07, 6.45) is 5.44. The third kappa shape index (κ3) is 2.76. The SMILES string of the molecule is Cc1ccc(Cl)cc1OCCn1ccnc1. The van der Waals surface area contributed by atoms with E-state index in [1.54, 1.807) is 12.5 Å². The predicted molar refractivity (Wildman–Crippen MR) is 63.9 cm³/mol. The van der Waals surface area contributed by atoms with Gasteiger partial charge in [-0.15, -0.1) is 0 Å². The standard InChI is InChI=1S/C12H13ClN2O/c1-10-2-3-11(13)8-12(10)16-7-6-15-5-4-14-9-15/h2-5,8-9H,6-7H2,1H3. The summed E-state index contributed by atoms with van der Waals surface area (Å²) < 4.78 is 7.63. The Kier molecular flexibility index (Phi) is 3.47. The second-order valence-electron chi connectivity index (χ2n) is 3.56. The average Bonchev–Trinajstić information content (AvgIpc) is 2.76. The van der Waals surface area contributed by atoms with E-state index in [1.165, 1.54) is 0 Å². The van der Waals surface area contributed by atoms with E-state index in [2.05, 4.69) is 4.98 Å². The molecule has 3 nitrogen and oxygen atoms in total. The molecule has 0 unspecified atom stereocenters. The fraction of sp³-hybridized carbons (Fsp3) is 0.250. The van der Waals surface area contributed by atoms with Crippen molar-refractivity contribution in [2.45, 2.75) is 13.5 Å². The van der Waals surface area contributed by atoms with E-state index in [1.807, 2.05) is 35.9 Å². The molecule has 0 fully saturated rings. The molecule has 0 saturated heterocycles. The summed E-state index contributed by atoms with van der Waals surface area (Å²) in [4.78, 5) is 3.97. The lowest BCUT2D eigenvalue weighted by atomic mass is 10.2. The van der Waals surface area contributed by atoms with Gasteiger partial charge in [-0.05, 0) is 24.6 Å². The number of imidazole rings is 1. The van der Waals surface area contributed by atoms with Gasteiger partial charge in [-0.25, -0.2) is 4.98 Å². The molecule has 0 aliphatic carbocycles. The topological polar surface area (TPSA) is 27.1 Å². The lowest BCUT2D eigenvalue weighted by molar-refractivity contribution is 0.296. The Morgan fingerprint density at radius 3 is 3.06 bits per heavy atom. The lowest BCUT2D eigenvalue weighted by Crippen LogP contribution is -2.07. The van der Waals surface area contributed by atoms with Crippen LogP contribution in [0.2, 0.25) is 5.02 Å². The van der Waals surface area contributed by atoms with E-state index in [0.29, 0.717) is 11.6 Å². The first-order valence-corrected chi connectivity index (χ1v) is 5.48. The molecule has 16 heavy (non-hydrogen) atoms. The maximum Gasteiger partial charge on any atom is 0.123 e. The summed E-state index contributed by atoms with van der Waals surface area (Å²) >= 11 is 5.90. The summed E-state index contributed by atoms with van der Waals surface area (Å²) in [6, 6.07) is 5.65. The minimum Gasteiger partial charge on any atom is -0.491 e. The fourth-order valence-electron chi connectivity index (χ4n) is 1.41. The highest BCUT2D eigenvalue weighted by molar-refractivity contribution is 6.30. The minimum atomic E-state index is 0.609. The molecule has 4 heteroatoms. The van der Waals surface area contributed by atoms with Crippen LogP contribution in [-0.2, 0) is 6.54 Å². The van der Waals surface area contributed by atoms with Crippen LogP contribution in [-0.4, -0.2) is 16.2 Å². The molecule has 0 spiro atoms. The van der Waals surface area contributed by atoms with E-state index in [9.17, 15) is 0 Å². The number of ether oxygens (including phenoxy) is 1. The molecule has 0 aliphatic heterocycles. The van der Waals surface area contributed by atoms with Crippen LogP contribution >= 0.6 is 11.6 Å². The van der Waals surface area contributed by atoms with E-state index in [-0.39, 0.29) is 0 Å². The largest absolute Gasteiger partial charge is 0.491 e. The van der Waals surface area contributed by atoms with Gasteiger partial charge in [0.2, 0.25) is 0 Å². The lowest BCUT2D eigenvalue weighted by Gasteiger charge is -2.09. The molecule has 1 aromatic carbocycles. The fourth-order valence-corrected chi connectivity index (χ4v) is 1.57. The molecule has 2 rings (SSSR count). The number of benzene rings is 1. The van der Waals surface area contributed by atoms with Gasteiger partial charge in [-0.1, -0.05) is 17.7 Å². The molecular formula is C12H13ClN2O. The first-order chi connectivity index (χ1) is 7.75. The van der Waals surface area contributed by atoms with Gasteiger partial charge >= 0.3 is 0 Å². The number of aromatic nitrogens is 2. The van der Waals surface area contributed by atoms with Crippen molar-refractivity contribution in [1.29, 1.82) is 0 Å². The molecule has 0 amide bonds. The van der Waals surface area contributed by atoms with Crippen molar-refractivity contribution < 1.29 is 4.74 Å². The minimum absolute atomic E-state index is 0.609. The Labute approximate surface area is 99.6 Å². The zero-order valence-corrected chi connectivity index (χ0v) is 9.81. The van der Waals surface area contributed by atoms with Gasteiger partial charge in [0.05, 0.1) is 12.9 Å². The second-order valence-corrected chi connectivity index (χ2v) is 4.00. The highest BCUT2D eigenvalue weighted by atomic mass is 35.5. The molecule has 0 bridgehead atoms. The zero-order valence-electron chi connectivity index (χ0n) is 9.06. The van der Waals surface area contributed by atoms with Gasteiger partial charge in [-0.3, -0.25) is 0 Å². The van der Waals surface area contributed by atoms with Crippen LogP contribution in [0, 0.1) is 6.92 Å². The first-order valence-electron chi connectivity index (χ1n) is 5.10. The molecule has 2 aromatic rings. The number of hydrogen-bond donors (Lipinski definition) is 0. The van der Waals surface area contributed by atoms with Crippen LogP contribution in [0.5, 0.6) is 5.75 Å². The third-order valence-corrected chi connectivity index (χ3v) is 2.55. The smallest absolute Gasteiger partial charge is 0.123 e. The summed E-state index contributed by atoms with van der Waals surface area (Å²) in [6.45, 7) is 3.40. The maximum absolute atomic E-state index is 5.90. The summed E-state index contributed by atoms with van der Waals surface area (Å²) in [7, 11) is 0. The quantitative estimate of drug-likeness (QED) is 0.816. The molecule has 0 N–H and O–H groups in total. The number of aryl methyl sites for hydroxylation is 1. The van der Waals surface area contributed by atoms with Crippen molar-refractivity contribution in [2.75, 3.05) is 6.61 Å². The summed E-state index contributed by atoms with van der Waals surface area (Å²) in [5.74, 6) is 0.840. The molecule has 0 atom stereocenters. The van der Waals surface area contributed by atoms with Crippen LogP contribution in [0.3, 0.4) is 0 Å². The van der Waals surface area contributed by atoms with Crippen molar-refractivity contribution in [1.82, 2.24) is 9.55 Å². The zero-order chi connectivity index (χ0) is 11.4. The Morgan fingerprint density at radius 1 is 1.44 bits per heavy atom. The van der Waals surface area contributed by atoms with Gasteiger partial charge in [0.15, 0.2) is 0 Å². The number of halogens is 1. The Morgan fingerprint density at radius 2 is 2.31 bits per heavy atom. The van der Waals surface area contributed by atoms with Gasteiger partial charge in [-0.2, -0.15) is 0 Å². The average molecular weight is 237 g/mol. The molecular weight excluding hydrogens is 224 g/mol. The number of hydrogen-bond acceptors (Lipinski definition) is 2. The first kappa shape index (κ1) is 11.0. The number of nitrogens with zero attached hydrogens (tertiary/aromatic N) is 2. The number of rotatable bonds is 4. The van der Waals surface area contributed by atoms with Crippen molar-refractivity contribution >= 4 is 11.6 Å². The van der Waals surface area contributed by atoms with E-state index >= 15 is 0 Å². The van der Waals surface area contributed by atoms with E-state index < -0.39 is 0 Å². The molecule has 0 aliphatic rings. The highest BCUT2D eigenvalue weighted by Crippen LogP contribution is 2.22. The van der Waals surface area contributed by atoms with Crippen LogP contribution in [0.15, 0.2) is 36.9 Å².